The number of ether oxygens (including phenoxy) is 2. The number of halogens is 1. The molecule has 0 aromatic carbocycles. The lowest BCUT2D eigenvalue weighted by atomic mass is 10.1. The molecular formula is C9H13BrO3. The molecule has 1 aromatic rings. The first kappa shape index (κ1) is 10.8. The molecule has 0 aliphatic rings. The van der Waals surface area contributed by atoms with Gasteiger partial charge in [0.2, 0.25) is 0 Å². The van der Waals surface area contributed by atoms with Gasteiger partial charge < -0.3 is 13.9 Å². The number of hydrogen-bond donors (Lipinski definition) is 0. The fourth-order valence-corrected chi connectivity index (χ4v) is 1.82. The zero-order valence-electron chi connectivity index (χ0n) is 7.91. The molecule has 3 nitrogen and oxygen atoms in total. The van der Waals surface area contributed by atoms with Crippen molar-refractivity contribution in [1.29, 1.82) is 0 Å². The summed E-state index contributed by atoms with van der Waals surface area (Å²) < 4.78 is 16.5. The second-order valence-electron chi connectivity index (χ2n) is 2.76. The summed E-state index contributed by atoms with van der Waals surface area (Å²) in [5, 5.41) is 0. The predicted molar refractivity (Wildman–Crippen MR) is 52.6 cm³/mol. The molecule has 74 valence electrons. The van der Waals surface area contributed by atoms with E-state index in [1.54, 1.807) is 20.5 Å². The molecule has 0 saturated carbocycles. The summed E-state index contributed by atoms with van der Waals surface area (Å²) in [6, 6.07) is 1.86. The Balaban J connectivity index is 2.77. The summed E-state index contributed by atoms with van der Waals surface area (Å²) in [6.07, 6.45) is 1.36. The van der Waals surface area contributed by atoms with Crippen LogP contribution in [0.1, 0.15) is 18.6 Å². The lowest BCUT2D eigenvalue weighted by Crippen LogP contribution is -2.20. The summed E-state index contributed by atoms with van der Waals surface area (Å²) in [7, 11) is 3.23. The van der Waals surface area contributed by atoms with Crippen LogP contribution in [0.15, 0.2) is 21.2 Å². The van der Waals surface area contributed by atoms with Crippen LogP contribution < -0.4 is 0 Å². The number of rotatable bonds is 4. The van der Waals surface area contributed by atoms with Gasteiger partial charge in [0.05, 0.1) is 16.7 Å². The molecule has 0 amide bonds. The minimum Gasteiger partial charge on any atom is -0.468 e. The molecule has 1 atom stereocenters. The summed E-state index contributed by atoms with van der Waals surface area (Å²) in [6.45, 7) is 1.99. The lowest BCUT2D eigenvalue weighted by molar-refractivity contribution is -0.118. The Kier molecular flexibility index (Phi) is 3.96. The molecular weight excluding hydrogens is 236 g/mol. The SMILES string of the molecule is COC(OC)C(C)c1occc1Br. The second kappa shape index (κ2) is 4.79. The quantitative estimate of drug-likeness (QED) is 0.769. The number of methoxy groups -OCH3 is 2. The highest BCUT2D eigenvalue weighted by Gasteiger charge is 2.22. The zero-order chi connectivity index (χ0) is 9.84. The van der Waals surface area contributed by atoms with E-state index in [1.165, 1.54) is 0 Å². The third-order valence-corrected chi connectivity index (χ3v) is 2.59. The van der Waals surface area contributed by atoms with Crippen LogP contribution in [-0.2, 0) is 9.47 Å². The standard InChI is InChI=1S/C9H13BrO3/c1-6(9(11-2)12-3)8-7(10)4-5-13-8/h4-6,9H,1-3H3. The van der Waals surface area contributed by atoms with E-state index < -0.39 is 0 Å². The molecule has 0 N–H and O–H groups in total. The molecule has 0 radical (unpaired) electrons. The molecule has 1 unspecified atom stereocenters. The first-order valence-corrected chi connectivity index (χ1v) is 4.78. The number of hydrogen-bond acceptors (Lipinski definition) is 3. The van der Waals surface area contributed by atoms with Crippen LogP contribution in [0, 0.1) is 0 Å². The van der Waals surface area contributed by atoms with E-state index >= 15 is 0 Å². The van der Waals surface area contributed by atoms with Crippen LogP contribution in [-0.4, -0.2) is 20.5 Å². The second-order valence-corrected chi connectivity index (χ2v) is 3.62. The Morgan fingerprint density at radius 3 is 2.38 bits per heavy atom. The van der Waals surface area contributed by atoms with Crippen LogP contribution in [0.3, 0.4) is 0 Å². The third-order valence-electron chi connectivity index (χ3n) is 1.93. The van der Waals surface area contributed by atoms with Crippen molar-refractivity contribution < 1.29 is 13.9 Å². The van der Waals surface area contributed by atoms with Crippen molar-refractivity contribution in [1.82, 2.24) is 0 Å². The highest BCUT2D eigenvalue weighted by atomic mass is 79.9. The fourth-order valence-electron chi connectivity index (χ4n) is 1.26. The van der Waals surface area contributed by atoms with Crippen molar-refractivity contribution in [2.24, 2.45) is 0 Å². The highest BCUT2D eigenvalue weighted by Crippen LogP contribution is 2.29. The maximum atomic E-state index is 5.30. The molecule has 13 heavy (non-hydrogen) atoms. The van der Waals surface area contributed by atoms with E-state index in [2.05, 4.69) is 15.9 Å². The van der Waals surface area contributed by atoms with Crippen LogP contribution in [0.4, 0.5) is 0 Å². The van der Waals surface area contributed by atoms with E-state index in [9.17, 15) is 0 Å². The monoisotopic (exact) mass is 248 g/mol. The molecule has 1 heterocycles. The molecule has 0 saturated heterocycles. The van der Waals surface area contributed by atoms with E-state index in [1.807, 2.05) is 13.0 Å². The predicted octanol–water partition coefficient (Wildman–Crippen LogP) is 2.76. The van der Waals surface area contributed by atoms with Crippen molar-refractivity contribution in [2.75, 3.05) is 14.2 Å². The normalized spacial score (nSPS) is 13.6. The maximum Gasteiger partial charge on any atom is 0.166 e. The van der Waals surface area contributed by atoms with Gasteiger partial charge in [0, 0.05) is 14.2 Å². The Hall–Kier alpha value is -0.320. The topological polar surface area (TPSA) is 31.6 Å². The van der Waals surface area contributed by atoms with Gasteiger partial charge >= 0.3 is 0 Å². The molecule has 1 aromatic heterocycles. The number of furan rings is 1. The molecule has 0 spiro atoms. The molecule has 0 aliphatic carbocycles. The Labute approximate surface area is 86.1 Å². The van der Waals surface area contributed by atoms with Crippen LogP contribution >= 0.6 is 15.9 Å². The van der Waals surface area contributed by atoms with Crippen LogP contribution in [0.25, 0.3) is 0 Å². The van der Waals surface area contributed by atoms with E-state index in [0.717, 1.165) is 10.2 Å². The van der Waals surface area contributed by atoms with Crippen molar-refractivity contribution in [3.05, 3.63) is 22.6 Å². The highest BCUT2D eigenvalue weighted by molar-refractivity contribution is 9.10. The molecule has 0 bridgehead atoms. The third kappa shape index (κ3) is 2.33. The summed E-state index contributed by atoms with van der Waals surface area (Å²) in [4.78, 5) is 0. The van der Waals surface area contributed by atoms with Gasteiger partial charge in [0.25, 0.3) is 0 Å². The van der Waals surface area contributed by atoms with Crippen molar-refractivity contribution in [3.8, 4) is 0 Å². The van der Waals surface area contributed by atoms with Crippen molar-refractivity contribution in [2.45, 2.75) is 19.1 Å². The van der Waals surface area contributed by atoms with Gasteiger partial charge in [0.1, 0.15) is 5.76 Å². The fraction of sp³-hybridized carbons (Fsp3) is 0.556. The van der Waals surface area contributed by atoms with Gasteiger partial charge in [-0.1, -0.05) is 6.92 Å². The summed E-state index contributed by atoms with van der Waals surface area (Å²) >= 11 is 3.39. The Morgan fingerprint density at radius 1 is 1.38 bits per heavy atom. The van der Waals surface area contributed by atoms with Gasteiger partial charge in [0.15, 0.2) is 6.29 Å². The van der Waals surface area contributed by atoms with Gasteiger partial charge in [-0.25, -0.2) is 0 Å². The van der Waals surface area contributed by atoms with E-state index in [0.29, 0.717) is 0 Å². The van der Waals surface area contributed by atoms with Gasteiger partial charge in [-0.3, -0.25) is 0 Å². The largest absolute Gasteiger partial charge is 0.468 e. The smallest absolute Gasteiger partial charge is 0.166 e. The average Bonchev–Trinajstić information content (AvgIpc) is 2.53. The van der Waals surface area contributed by atoms with Crippen molar-refractivity contribution >= 4 is 15.9 Å². The van der Waals surface area contributed by atoms with Crippen molar-refractivity contribution in [3.63, 3.8) is 0 Å². The van der Waals surface area contributed by atoms with Gasteiger partial charge in [-0.05, 0) is 22.0 Å². The maximum absolute atomic E-state index is 5.30. The van der Waals surface area contributed by atoms with Gasteiger partial charge in [-0.15, -0.1) is 0 Å². The summed E-state index contributed by atoms with van der Waals surface area (Å²) in [5.41, 5.74) is 0. The molecule has 1 rings (SSSR count). The first-order chi connectivity index (χ1) is 6.20. The summed E-state index contributed by atoms with van der Waals surface area (Å²) in [5.74, 6) is 0.910. The molecule has 0 fully saturated rings. The van der Waals surface area contributed by atoms with Crippen LogP contribution in [0.5, 0.6) is 0 Å². The lowest BCUT2D eigenvalue weighted by Gasteiger charge is -2.19. The van der Waals surface area contributed by atoms with E-state index in [-0.39, 0.29) is 12.2 Å². The first-order valence-electron chi connectivity index (χ1n) is 3.99. The minimum absolute atomic E-state index is 0.0689. The average molecular weight is 249 g/mol. The van der Waals surface area contributed by atoms with Gasteiger partial charge in [-0.2, -0.15) is 0 Å². The molecule has 4 heteroatoms. The van der Waals surface area contributed by atoms with E-state index in [4.69, 9.17) is 13.9 Å². The Morgan fingerprint density at radius 2 is 2.00 bits per heavy atom. The molecule has 0 aliphatic heterocycles. The zero-order valence-corrected chi connectivity index (χ0v) is 9.50. The minimum atomic E-state index is -0.276. The van der Waals surface area contributed by atoms with Crippen LogP contribution in [0.2, 0.25) is 0 Å². The Bertz CT molecular complexity index is 255.